The minimum atomic E-state index is -0.389. The van der Waals surface area contributed by atoms with Gasteiger partial charge in [0, 0.05) is 6.04 Å². The average molecular weight is 173 g/mol. The number of rotatable bonds is 0. The Balaban J connectivity index is 2.54. The Bertz CT molecular complexity index is 172. The normalized spacial score (nSPS) is 30.1. The summed E-state index contributed by atoms with van der Waals surface area (Å²) in [6.07, 6.45) is 0.881. The van der Waals surface area contributed by atoms with Gasteiger partial charge in [-0.3, -0.25) is 0 Å². The van der Waals surface area contributed by atoms with Gasteiger partial charge in [0.15, 0.2) is 0 Å². The Morgan fingerprint density at radius 2 is 2.25 bits per heavy atom. The molecule has 1 N–H and O–H groups in total. The van der Waals surface area contributed by atoms with Gasteiger partial charge in [-0.15, -0.1) is 0 Å². The van der Waals surface area contributed by atoms with Crippen LogP contribution >= 0.6 is 0 Å². The minimum Gasteiger partial charge on any atom is -0.453 e. The number of aliphatic hydroxyl groups is 1. The van der Waals surface area contributed by atoms with Crippen molar-refractivity contribution in [3.8, 4) is 0 Å². The number of nitrogens with zero attached hydrogens (tertiary/aromatic N) is 1. The van der Waals surface area contributed by atoms with Crippen LogP contribution in [0, 0.1) is 0 Å². The molecule has 0 aromatic rings. The van der Waals surface area contributed by atoms with E-state index in [4.69, 9.17) is 0 Å². The molecule has 4 heteroatoms. The van der Waals surface area contributed by atoms with Crippen molar-refractivity contribution in [3.63, 3.8) is 0 Å². The molecule has 1 rings (SSSR count). The maximum Gasteiger partial charge on any atom is 0.409 e. The molecule has 1 amide bonds. The number of ether oxygens (including phenoxy) is 1. The van der Waals surface area contributed by atoms with E-state index in [2.05, 4.69) is 4.74 Å². The average Bonchev–Trinajstić information content (AvgIpc) is 2.08. The van der Waals surface area contributed by atoms with E-state index >= 15 is 0 Å². The fourth-order valence-electron chi connectivity index (χ4n) is 1.46. The van der Waals surface area contributed by atoms with Crippen LogP contribution in [0.3, 0.4) is 0 Å². The SMILES string of the molecule is COC(=O)N1C[C@H](O)CC[C@H]1C. The van der Waals surface area contributed by atoms with E-state index in [9.17, 15) is 9.90 Å². The highest BCUT2D eigenvalue weighted by Gasteiger charge is 2.28. The van der Waals surface area contributed by atoms with Crippen LogP contribution in [0.5, 0.6) is 0 Å². The lowest BCUT2D eigenvalue weighted by Gasteiger charge is -2.34. The number of hydrogen-bond donors (Lipinski definition) is 1. The molecule has 2 atom stereocenters. The summed E-state index contributed by atoms with van der Waals surface area (Å²) >= 11 is 0. The van der Waals surface area contributed by atoms with Crippen LogP contribution in [0.25, 0.3) is 0 Å². The van der Waals surface area contributed by atoms with Crippen LogP contribution in [-0.4, -0.2) is 41.9 Å². The van der Waals surface area contributed by atoms with E-state index < -0.39 is 0 Å². The number of carbonyl (C=O) groups is 1. The predicted octanol–water partition coefficient (Wildman–Crippen LogP) is 0.598. The quantitative estimate of drug-likeness (QED) is 0.583. The summed E-state index contributed by atoms with van der Waals surface area (Å²) in [5.41, 5.74) is 0. The van der Waals surface area contributed by atoms with E-state index in [1.54, 1.807) is 4.90 Å². The number of likely N-dealkylation sites (tertiary alicyclic amines) is 1. The summed E-state index contributed by atoms with van der Waals surface area (Å²) < 4.78 is 4.58. The number of aliphatic hydroxyl groups excluding tert-OH is 1. The Hall–Kier alpha value is -0.770. The van der Waals surface area contributed by atoms with E-state index in [1.807, 2.05) is 6.92 Å². The molecular formula is C8H15NO3. The third kappa shape index (κ3) is 1.88. The lowest BCUT2D eigenvalue weighted by Crippen LogP contribution is -2.47. The van der Waals surface area contributed by atoms with Gasteiger partial charge in [-0.25, -0.2) is 4.79 Å². The number of carbonyl (C=O) groups excluding carboxylic acids is 1. The van der Waals surface area contributed by atoms with Crippen LogP contribution in [0.1, 0.15) is 19.8 Å². The molecule has 1 saturated heterocycles. The summed E-state index contributed by atoms with van der Waals surface area (Å²) in [4.78, 5) is 12.7. The van der Waals surface area contributed by atoms with Gasteiger partial charge in [0.2, 0.25) is 0 Å². The fourth-order valence-corrected chi connectivity index (χ4v) is 1.46. The van der Waals surface area contributed by atoms with Crippen LogP contribution in [0.2, 0.25) is 0 Å². The molecule has 12 heavy (non-hydrogen) atoms. The van der Waals surface area contributed by atoms with Gasteiger partial charge >= 0.3 is 6.09 Å². The van der Waals surface area contributed by atoms with E-state index in [1.165, 1.54) is 7.11 Å². The summed E-state index contributed by atoms with van der Waals surface area (Å²) in [5.74, 6) is 0. The monoisotopic (exact) mass is 173 g/mol. The Kier molecular flexibility index (Phi) is 2.92. The molecule has 0 spiro atoms. The van der Waals surface area contributed by atoms with E-state index in [0.717, 1.165) is 12.8 Å². The second-order valence-corrected chi connectivity index (χ2v) is 3.20. The van der Waals surface area contributed by atoms with Crippen molar-refractivity contribution in [1.29, 1.82) is 0 Å². The topological polar surface area (TPSA) is 49.8 Å². The Labute approximate surface area is 72.1 Å². The minimum absolute atomic E-state index is 0.181. The standard InChI is InChI=1S/C8H15NO3/c1-6-3-4-7(10)5-9(6)8(11)12-2/h6-7,10H,3-5H2,1-2H3/t6-,7-/m1/s1. The second kappa shape index (κ2) is 3.76. The van der Waals surface area contributed by atoms with Crippen molar-refractivity contribution in [2.75, 3.05) is 13.7 Å². The highest BCUT2D eigenvalue weighted by Crippen LogP contribution is 2.17. The van der Waals surface area contributed by atoms with Crippen LogP contribution in [0.15, 0.2) is 0 Å². The smallest absolute Gasteiger partial charge is 0.409 e. The summed E-state index contributed by atoms with van der Waals surface area (Å²) in [7, 11) is 1.36. The molecule has 0 aromatic carbocycles. The van der Waals surface area contributed by atoms with Gasteiger partial charge in [0.05, 0.1) is 19.8 Å². The highest BCUT2D eigenvalue weighted by atomic mass is 16.5. The number of hydrogen-bond acceptors (Lipinski definition) is 3. The molecule has 1 aliphatic rings. The van der Waals surface area contributed by atoms with Crippen LogP contribution in [-0.2, 0) is 4.74 Å². The van der Waals surface area contributed by atoms with Crippen molar-refractivity contribution in [2.24, 2.45) is 0 Å². The summed E-state index contributed by atoms with van der Waals surface area (Å²) in [6.45, 7) is 2.36. The molecular weight excluding hydrogens is 158 g/mol. The zero-order valence-electron chi connectivity index (χ0n) is 7.49. The van der Waals surface area contributed by atoms with Crippen LogP contribution < -0.4 is 0 Å². The van der Waals surface area contributed by atoms with E-state index in [-0.39, 0.29) is 18.2 Å². The van der Waals surface area contributed by atoms with Gasteiger partial charge in [0.25, 0.3) is 0 Å². The van der Waals surface area contributed by atoms with Crippen molar-refractivity contribution in [3.05, 3.63) is 0 Å². The molecule has 1 fully saturated rings. The molecule has 0 radical (unpaired) electrons. The largest absolute Gasteiger partial charge is 0.453 e. The van der Waals surface area contributed by atoms with Crippen molar-refractivity contribution in [1.82, 2.24) is 4.90 Å². The molecule has 0 bridgehead atoms. The number of methoxy groups -OCH3 is 1. The first-order valence-corrected chi connectivity index (χ1v) is 4.17. The first-order chi connectivity index (χ1) is 5.65. The number of amides is 1. The number of β-amino-alcohol motifs (C(OH)–C–C–N with tert-alkyl or cyclic N) is 1. The molecule has 4 nitrogen and oxygen atoms in total. The fraction of sp³-hybridized carbons (Fsp3) is 0.875. The molecule has 1 aliphatic heterocycles. The second-order valence-electron chi connectivity index (χ2n) is 3.20. The first-order valence-electron chi connectivity index (χ1n) is 4.17. The molecule has 0 aliphatic carbocycles. The van der Waals surface area contributed by atoms with Crippen molar-refractivity contribution < 1.29 is 14.6 Å². The molecule has 0 aromatic heterocycles. The zero-order chi connectivity index (χ0) is 9.14. The zero-order valence-corrected chi connectivity index (χ0v) is 7.49. The van der Waals surface area contributed by atoms with Gasteiger partial charge in [-0.05, 0) is 19.8 Å². The van der Waals surface area contributed by atoms with Crippen LogP contribution in [0.4, 0.5) is 4.79 Å². The molecule has 70 valence electrons. The van der Waals surface area contributed by atoms with Crippen molar-refractivity contribution in [2.45, 2.75) is 31.9 Å². The van der Waals surface area contributed by atoms with Gasteiger partial charge in [-0.1, -0.05) is 0 Å². The lowest BCUT2D eigenvalue weighted by atomic mass is 10.0. The van der Waals surface area contributed by atoms with Gasteiger partial charge < -0.3 is 14.7 Å². The van der Waals surface area contributed by atoms with Crippen molar-refractivity contribution >= 4 is 6.09 Å². The highest BCUT2D eigenvalue weighted by molar-refractivity contribution is 5.67. The third-order valence-corrected chi connectivity index (χ3v) is 2.27. The summed E-state index contributed by atoms with van der Waals surface area (Å²) in [6, 6.07) is 0.181. The number of piperidine rings is 1. The summed E-state index contributed by atoms with van der Waals surface area (Å²) in [5, 5.41) is 9.29. The first kappa shape index (κ1) is 9.32. The van der Waals surface area contributed by atoms with Gasteiger partial charge in [0.1, 0.15) is 0 Å². The Morgan fingerprint density at radius 3 is 2.83 bits per heavy atom. The molecule has 1 heterocycles. The molecule has 0 unspecified atom stereocenters. The third-order valence-electron chi connectivity index (χ3n) is 2.27. The Morgan fingerprint density at radius 1 is 1.58 bits per heavy atom. The molecule has 0 saturated carbocycles. The van der Waals surface area contributed by atoms with E-state index in [0.29, 0.717) is 6.54 Å². The van der Waals surface area contributed by atoms with Gasteiger partial charge in [-0.2, -0.15) is 0 Å². The maximum atomic E-state index is 11.1. The maximum absolute atomic E-state index is 11.1. The predicted molar refractivity (Wildman–Crippen MR) is 43.8 cm³/mol. The lowest BCUT2D eigenvalue weighted by molar-refractivity contribution is 0.0350.